The summed E-state index contributed by atoms with van der Waals surface area (Å²) >= 11 is 5.99. The molecule has 0 bridgehead atoms. The third kappa shape index (κ3) is 3.75. The molecule has 3 heteroatoms. The first kappa shape index (κ1) is 15.8. The summed E-state index contributed by atoms with van der Waals surface area (Å²) in [6, 6.07) is 9.28. The zero-order chi connectivity index (χ0) is 14.4. The van der Waals surface area contributed by atoms with Crippen LogP contribution in [0.15, 0.2) is 24.3 Å². The molecule has 0 saturated carbocycles. The minimum atomic E-state index is 0.198. The molecule has 1 atom stereocenters. The quantitative estimate of drug-likeness (QED) is 0.704. The standard InChI is InChI=1S/C17H26ClNO/c1-3-15(4-2)19(11-10-18)13-17-16-8-6-5-7-14(16)9-12-20-17/h5-8,15,17H,3-4,9-13H2,1-2H3. The summed E-state index contributed by atoms with van der Waals surface area (Å²) in [6.45, 7) is 7.24. The van der Waals surface area contributed by atoms with Gasteiger partial charge >= 0.3 is 0 Å². The summed E-state index contributed by atoms with van der Waals surface area (Å²) < 4.78 is 6.04. The van der Waals surface area contributed by atoms with E-state index in [1.54, 1.807) is 0 Å². The Labute approximate surface area is 128 Å². The summed E-state index contributed by atoms with van der Waals surface area (Å²) in [5.41, 5.74) is 2.81. The van der Waals surface area contributed by atoms with Crippen molar-refractivity contribution in [2.75, 3.05) is 25.6 Å². The zero-order valence-electron chi connectivity index (χ0n) is 12.6. The summed E-state index contributed by atoms with van der Waals surface area (Å²) in [5.74, 6) is 0.685. The van der Waals surface area contributed by atoms with Crippen LogP contribution < -0.4 is 0 Å². The van der Waals surface area contributed by atoms with Gasteiger partial charge in [0, 0.05) is 25.0 Å². The lowest BCUT2D eigenvalue weighted by molar-refractivity contribution is 0.00646. The fraction of sp³-hybridized carbons (Fsp3) is 0.647. The lowest BCUT2D eigenvalue weighted by atomic mass is 9.96. The van der Waals surface area contributed by atoms with Gasteiger partial charge in [0.2, 0.25) is 0 Å². The van der Waals surface area contributed by atoms with Crippen molar-refractivity contribution in [1.29, 1.82) is 0 Å². The second kappa shape index (κ2) is 8.02. The molecule has 0 aliphatic carbocycles. The summed E-state index contributed by atoms with van der Waals surface area (Å²) in [7, 11) is 0. The topological polar surface area (TPSA) is 12.5 Å². The van der Waals surface area contributed by atoms with Gasteiger partial charge in [0.25, 0.3) is 0 Å². The van der Waals surface area contributed by atoms with Gasteiger partial charge in [-0.3, -0.25) is 4.90 Å². The molecule has 0 aromatic heterocycles. The van der Waals surface area contributed by atoms with E-state index in [2.05, 4.69) is 43.0 Å². The SMILES string of the molecule is CCC(CC)N(CCCl)CC1OCCc2ccccc21. The van der Waals surface area contributed by atoms with Gasteiger partial charge in [-0.05, 0) is 30.4 Å². The molecule has 2 rings (SSSR count). The van der Waals surface area contributed by atoms with Crippen LogP contribution in [0.5, 0.6) is 0 Å². The van der Waals surface area contributed by atoms with Crippen molar-refractivity contribution in [3.63, 3.8) is 0 Å². The lowest BCUT2D eigenvalue weighted by Gasteiger charge is -2.35. The molecule has 0 radical (unpaired) electrons. The number of benzene rings is 1. The highest BCUT2D eigenvalue weighted by molar-refractivity contribution is 6.18. The van der Waals surface area contributed by atoms with Crippen LogP contribution in [-0.2, 0) is 11.2 Å². The third-order valence-corrected chi connectivity index (χ3v) is 4.49. The van der Waals surface area contributed by atoms with Crippen LogP contribution >= 0.6 is 11.6 Å². The number of alkyl halides is 1. The fourth-order valence-corrected chi connectivity index (χ4v) is 3.39. The van der Waals surface area contributed by atoms with E-state index in [0.717, 1.165) is 26.1 Å². The number of hydrogen-bond acceptors (Lipinski definition) is 2. The molecule has 1 aromatic carbocycles. The van der Waals surface area contributed by atoms with E-state index < -0.39 is 0 Å². The minimum Gasteiger partial charge on any atom is -0.372 e. The Morgan fingerprint density at radius 2 is 2.05 bits per heavy atom. The Kier molecular flexibility index (Phi) is 6.34. The highest BCUT2D eigenvalue weighted by atomic mass is 35.5. The number of nitrogens with zero attached hydrogens (tertiary/aromatic N) is 1. The van der Waals surface area contributed by atoms with Crippen molar-refractivity contribution in [2.24, 2.45) is 0 Å². The van der Waals surface area contributed by atoms with Gasteiger partial charge in [-0.1, -0.05) is 38.1 Å². The molecule has 1 aromatic rings. The van der Waals surface area contributed by atoms with Crippen LogP contribution in [0.2, 0.25) is 0 Å². The second-order valence-electron chi connectivity index (χ2n) is 5.46. The molecule has 1 heterocycles. The predicted octanol–water partition coefficient (Wildman–Crippen LogP) is 4.03. The van der Waals surface area contributed by atoms with Gasteiger partial charge in [0.1, 0.15) is 0 Å². The average Bonchev–Trinajstić information content (AvgIpc) is 2.49. The van der Waals surface area contributed by atoms with Crippen LogP contribution in [0, 0.1) is 0 Å². The Morgan fingerprint density at radius 1 is 1.30 bits per heavy atom. The number of halogens is 1. The molecular weight excluding hydrogens is 270 g/mol. The molecule has 20 heavy (non-hydrogen) atoms. The Morgan fingerprint density at radius 3 is 2.75 bits per heavy atom. The van der Waals surface area contributed by atoms with Gasteiger partial charge in [-0.2, -0.15) is 0 Å². The highest BCUT2D eigenvalue weighted by Crippen LogP contribution is 2.28. The third-order valence-electron chi connectivity index (χ3n) is 4.32. The van der Waals surface area contributed by atoms with Crippen molar-refractivity contribution in [3.05, 3.63) is 35.4 Å². The first-order valence-corrected chi connectivity index (χ1v) is 8.33. The van der Waals surface area contributed by atoms with E-state index in [4.69, 9.17) is 16.3 Å². The molecule has 0 saturated heterocycles. The molecule has 1 unspecified atom stereocenters. The summed E-state index contributed by atoms with van der Waals surface area (Å²) in [5, 5.41) is 0. The van der Waals surface area contributed by atoms with Crippen molar-refractivity contribution >= 4 is 11.6 Å². The monoisotopic (exact) mass is 295 g/mol. The van der Waals surface area contributed by atoms with E-state index in [1.165, 1.54) is 24.0 Å². The van der Waals surface area contributed by atoms with E-state index in [1.807, 2.05) is 0 Å². The molecule has 112 valence electrons. The largest absolute Gasteiger partial charge is 0.372 e. The van der Waals surface area contributed by atoms with E-state index in [9.17, 15) is 0 Å². The average molecular weight is 296 g/mol. The molecule has 1 aliphatic heterocycles. The number of rotatable bonds is 7. The Hall–Kier alpha value is -0.570. The highest BCUT2D eigenvalue weighted by Gasteiger charge is 2.25. The Bertz CT molecular complexity index is 406. The molecule has 0 N–H and O–H groups in total. The van der Waals surface area contributed by atoms with Gasteiger partial charge in [-0.15, -0.1) is 11.6 Å². The molecule has 0 spiro atoms. The smallest absolute Gasteiger partial charge is 0.0954 e. The Balaban J connectivity index is 2.11. The van der Waals surface area contributed by atoms with Crippen LogP contribution in [0.25, 0.3) is 0 Å². The van der Waals surface area contributed by atoms with Crippen molar-refractivity contribution < 1.29 is 4.74 Å². The van der Waals surface area contributed by atoms with Crippen molar-refractivity contribution in [2.45, 2.75) is 45.3 Å². The first-order valence-electron chi connectivity index (χ1n) is 7.79. The maximum absolute atomic E-state index is 6.04. The van der Waals surface area contributed by atoms with Crippen LogP contribution in [0.1, 0.15) is 43.9 Å². The zero-order valence-corrected chi connectivity index (χ0v) is 13.4. The van der Waals surface area contributed by atoms with E-state index >= 15 is 0 Å². The summed E-state index contributed by atoms with van der Waals surface area (Å²) in [4.78, 5) is 2.50. The number of ether oxygens (including phenoxy) is 1. The molecule has 0 amide bonds. The van der Waals surface area contributed by atoms with Crippen molar-refractivity contribution in [1.82, 2.24) is 4.90 Å². The van der Waals surface area contributed by atoms with Crippen LogP contribution in [-0.4, -0.2) is 36.5 Å². The van der Waals surface area contributed by atoms with Gasteiger partial charge in [-0.25, -0.2) is 0 Å². The molecule has 2 nitrogen and oxygen atoms in total. The number of fused-ring (bicyclic) bond motifs is 1. The van der Waals surface area contributed by atoms with Crippen LogP contribution in [0.3, 0.4) is 0 Å². The lowest BCUT2D eigenvalue weighted by Crippen LogP contribution is -2.40. The fourth-order valence-electron chi connectivity index (χ4n) is 3.18. The van der Waals surface area contributed by atoms with Gasteiger partial charge in [0.05, 0.1) is 12.7 Å². The predicted molar refractivity (Wildman–Crippen MR) is 85.5 cm³/mol. The maximum atomic E-state index is 6.04. The van der Waals surface area contributed by atoms with E-state index in [-0.39, 0.29) is 6.10 Å². The first-order chi connectivity index (χ1) is 9.80. The molecule has 1 aliphatic rings. The van der Waals surface area contributed by atoms with Gasteiger partial charge in [0.15, 0.2) is 0 Å². The minimum absolute atomic E-state index is 0.198. The van der Waals surface area contributed by atoms with Gasteiger partial charge < -0.3 is 4.74 Å². The van der Waals surface area contributed by atoms with Crippen LogP contribution in [0.4, 0.5) is 0 Å². The van der Waals surface area contributed by atoms with Crippen molar-refractivity contribution in [3.8, 4) is 0 Å². The molecule has 0 fully saturated rings. The normalized spacial score (nSPS) is 18.6. The van der Waals surface area contributed by atoms with E-state index in [0.29, 0.717) is 11.9 Å². The number of hydrogen-bond donors (Lipinski definition) is 0. The summed E-state index contributed by atoms with van der Waals surface area (Å²) in [6.07, 6.45) is 3.57. The molecular formula is C17H26ClNO. The maximum Gasteiger partial charge on any atom is 0.0954 e. The second-order valence-corrected chi connectivity index (χ2v) is 5.84.